The highest BCUT2D eigenvalue weighted by Crippen LogP contribution is 2.37. The Bertz CT molecular complexity index is 1320. The molecule has 1 N–H and O–H groups in total. The van der Waals surface area contributed by atoms with E-state index in [0.717, 1.165) is 24.2 Å². The van der Waals surface area contributed by atoms with Gasteiger partial charge in [0.25, 0.3) is 0 Å². The molecule has 1 aliphatic rings. The highest BCUT2D eigenvalue weighted by Gasteiger charge is 2.22. The normalized spacial score (nSPS) is 12.8. The first kappa shape index (κ1) is 19.7. The molecule has 7 heteroatoms. The van der Waals surface area contributed by atoms with Gasteiger partial charge in [-0.1, -0.05) is 53.5 Å². The standard InChI is InChI=1S/C24H17Cl2N3O2/c25-17-8-9-22(19(26)13-17)29-23(14-20(27-29)24(30)31)16-5-3-6-18(12-16)28-11-10-15-4-1-2-7-21(15)28/h1-9,12-14H,10-11H2,(H,30,31). The molecule has 0 saturated heterocycles. The van der Waals surface area contributed by atoms with Crippen LogP contribution in [0.2, 0.25) is 10.0 Å². The second-order valence-electron chi connectivity index (χ2n) is 7.31. The number of hydrogen-bond acceptors (Lipinski definition) is 3. The Morgan fingerprint density at radius 2 is 1.77 bits per heavy atom. The lowest BCUT2D eigenvalue weighted by atomic mass is 10.1. The fourth-order valence-electron chi connectivity index (χ4n) is 3.97. The third kappa shape index (κ3) is 3.56. The number of aromatic nitrogens is 2. The summed E-state index contributed by atoms with van der Waals surface area (Å²) in [4.78, 5) is 13.9. The predicted octanol–water partition coefficient (Wildman–Crippen LogP) is 6.24. The smallest absolute Gasteiger partial charge is 0.356 e. The lowest BCUT2D eigenvalue weighted by Crippen LogP contribution is -2.13. The van der Waals surface area contributed by atoms with Crippen LogP contribution in [0.4, 0.5) is 11.4 Å². The minimum Gasteiger partial charge on any atom is -0.476 e. The molecule has 0 saturated carbocycles. The van der Waals surface area contributed by atoms with E-state index in [2.05, 4.69) is 34.3 Å². The molecule has 4 aromatic rings. The van der Waals surface area contributed by atoms with Crippen LogP contribution >= 0.6 is 23.2 Å². The number of benzene rings is 3. The Morgan fingerprint density at radius 1 is 0.935 bits per heavy atom. The molecule has 0 fully saturated rings. The number of carboxylic acids is 1. The summed E-state index contributed by atoms with van der Waals surface area (Å²) in [5.41, 5.74) is 5.53. The fourth-order valence-corrected chi connectivity index (χ4v) is 4.46. The van der Waals surface area contributed by atoms with Crippen LogP contribution in [0.1, 0.15) is 16.1 Å². The van der Waals surface area contributed by atoms with E-state index in [0.29, 0.717) is 21.4 Å². The van der Waals surface area contributed by atoms with Gasteiger partial charge in [-0.2, -0.15) is 5.10 Å². The molecule has 1 aromatic heterocycles. The number of anilines is 2. The fraction of sp³-hybridized carbons (Fsp3) is 0.0833. The molecule has 0 spiro atoms. The number of rotatable bonds is 4. The van der Waals surface area contributed by atoms with Crippen LogP contribution < -0.4 is 4.90 Å². The molecule has 0 unspecified atom stereocenters. The lowest BCUT2D eigenvalue weighted by Gasteiger charge is -2.20. The van der Waals surface area contributed by atoms with Crippen molar-refractivity contribution in [2.45, 2.75) is 6.42 Å². The molecule has 0 radical (unpaired) electrons. The van der Waals surface area contributed by atoms with Gasteiger partial charge in [-0.05, 0) is 54.4 Å². The Hall–Kier alpha value is -3.28. The summed E-state index contributed by atoms with van der Waals surface area (Å²) in [6.07, 6.45) is 0.988. The summed E-state index contributed by atoms with van der Waals surface area (Å²) in [5, 5.41) is 14.7. The van der Waals surface area contributed by atoms with E-state index in [1.807, 2.05) is 24.3 Å². The summed E-state index contributed by atoms with van der Waals surface area (Å²) in [5.74, 6) is -1.10. The van der Waals surface area contributed by atoms with E-state index in [-0.39, 0.29) is 5.69 Å². The molecule has 31 heavy (non-hydrogen) atoms. The van der Waals surface area contributed by atoms with Crippen LogP contribution in [0.3, 0.4) is 0 Å². The monoisotopic (exact) mass is 449 g/mol. The maximum Gasteiger partial charge on any atom is 0.356 e. The van der Waals surface area contributed by atoms with Gasteiger partial charge in [0.05, 0.1) is 16.4 Å². The molecule has 0 atom stereocenters. The molecule has 5 rings (SSSR count). The van der Waals surface area contributed by atoms with Crippen LogP contribution in [-0.2, 0) is 6.42 Å². The molecule has 1 aliphatic heterocycles. The van der Waals surface area contributed by atoms with Gasteiger partial charge in [-0.3, -0.25) is 0 Å². The molecule has 0 aliphatic carbocycles. The van der Waals surface area contributed by atoms with Crippen molar-refractivity contribution < 1.29 is 9.90 Å². The zero-order valence-electron chi connectivity index (χ0n) is 16.3. The number of para-hydroxylation sites is 1. The van der Waals surface area contributed by atoms with Gasteiger partial charge in [0, 0.05) is 28.5 Å². The summed E-state index contributed by atoms with van der Waals surface area (Å²) < 4.78 is 1.55. The van der Waals surface area contributed by atoms with E-state index in [1.54, 1.807) is 28.9 Å². The maximum atomic E-state index is 11.6. The van der Waals surface area contributed by atoms with Crippen LogP contribution in [0.5, 0.6) is 0 Å². The molecular weight excluding hydrogens is 433 g/mol. The molecule has 0 bridgehead atoms. The minimum absolute atomic E-state index is 0.0575. The number of carbonyl (C=O) groups is 1. The first-order valence-electron chi connectivity index (χ1n) is 9.76. The van der Waals surface area contributed by atoms with E-state index < -0.39 is 5.97 Å². The molecular formula is C24H17Cl2N3O2. The van der Waals surface area contributed by atoms with Crippen molar-refractivity contribution in [3.05, 3.63) is 94.1 Å². The van der Waals surface area contributed by atoms with Crippen molar-refractivity contribution in [1.82, 2.24) is 9.78 Å². The van der Waals surface area contributed by atoms with Crippen LogP contribution in [-0.4, -0.2) is 27.4 Å². The Morgan fingerprint density at radius 3 is 2.58 bits per heavy atom. The first-order valence-corrected chi connectivity index (χ1v) is 10.5. The maximum absolute atomic E-state index is 11.6. The molecule has 154 valence electrons. The number of hydrogen-bond donors (Lipinski definition) is 1. The lowest BCUT2D eigenvalue weighted by molar-refractivity contribution is 0.0690. The summed E-state index contributed by atoms with van der Waals surface area (Å²) in [7, 11) is 0. The number of nitrogens with zero attached hydrogens (tertiary/aromatic N) is 3. The van der Waals surface area contributed by atoms with E-state index in [4.69, 9.17) is 23.2 Å². The van der Waals surface area contributed by atoms with Crippen molar-refractivity contribution >= 4 is 40.5 Å². The van der Waals surface area contributed by atoms with Crippen LogP contribution in [0.25, 0.3) is 16.9 Å². The number of fused-ring (bicyclic) bond motifs is 1. The van der Waals surface area contributed by atoms with Crippen molar-refractivity contribution in [3.8, 4) is 16.9 Å². The second kappa shape index (κ2) is 7.76. The molecule has 0 amide bonds. The quantitative estimate of drug-likeness (QED) is 0.400. The van der Waals surface area contributed by atoms with Gasteiger partial charge in [0.1, 0.15) is 0 Å². The Kier molecular flexibility index (Phi) is 4.93. The molecule has 5 nitrogen and oxygen atoms in total. The highest BCUT2D eigenvalue weighted by molar-refractivity contribution is 6.35. The first-order chi connectivity index (χ1) is 15.0. The van der Waals surface area contributed by atoms with Crippen molar-refractivity contribution in [2.24, 2.45) is 0 Å². The van der Waals surface area contributed by atoms with E-state index in [1.165, 1.54) is 11.3 Å². The summed E-state index contributed by atoms with van der Waals surface area (Å²) in [6.45, 7) is 0.894. The largest absolute Gasteiger partial charge is 0.476 e. The number of aromatic carboxylic acids is 1. The van der Waals surface area contributed by atoms with Gasteiger partial charge < -0.3 is 10.0 Å². The van der Waals surface area contributed by atoms with Crippen molar-refractivity contribution in [3.63, 3.8) is 0 Å². The van der Waals surface area contributed by atoms with E-state index >= 15 is 0 Å². The zero-order valence-corrected chi connectivity index (χ0v) is 17.8. The van der Waals surface area contributed by atoms with Crippen molar-refractivity contribution in [1.29, 1.82) is 0 Å². The Balaban J connectivity index is 1.63. The topological polar surface area (TPSA) is 58.4 Å². The Labute approximate surface area is 189 Å². The minimum atomic E-state index is -1.10. The van der Waals surface area contributed by atoms with Crippen LogP contribution in [0, 0.1) is 0 Å². The van der Waals surface area contributed by atoms with Gasteiger partial charge in [0.2, 0.25) is 0 Å². The number of carboxylic acid groups (broad SMARTS) is 1. The third-order valence-corrected chi connectivity index (χ3v) is 5.94. The average Bonchev–Trinajstić information content (AvgIpc) is 3.39. The van der Waals surface area contributed by atoms with Crippen LogP contribution in [0.15, 0.2) is 72.8 Å². The zero-order chi connectivity index (χ0) is 21.5. The second-order valence-corrected chi connectivity index (χ2v) is 8.15. The molecule has 2 heterocycles. The van der Waals surface area contributed by atoms with Gasteiger partial charge >= 0.3 is 5.97 Å². The van der Waals surface area contributed by atoms with Gasteiger partial charge in [-0.25, -0.2) is 9.48 Å². The highest BCUT2D eigenvalue weighted by atomic mass is 35.5. The SMILES string of the molecule is O=C(O)c1cc(-c2cccc(N3CCc4ccccc43)c2)n(-c2ccc(Cl)cc2Cl)n1. The third-order valence-electron chi connectivity index (χ3n) is 5.41. The average molecular weight is 450 g/mol. The number of halogens is 2. The summed E-state index contributed by atoms with van der Waals surface area (Å²) >= 11 is 12.4. The molecule has 3 aromatic carbocycles. The summed E-state index contributed by atoms with van der Waals surface area (Å²) in [6, 6.07) is 23.0. The van der Waals surface area contributed by atoms with Gasteiger partial charge in [0.15, 0.2) is 5.69 Å². The van der Waals surface area contributed by atoms with Gasteiger partial charge in [-0.15, -0.1) is 0 Å². The van der Waals surface area contributed by atoms with E-state index in [9.17, 15) is 9.90 Å². The predicted molar refractivity (Wildman–Crippen MR) is 123 cm³/mol. The van der Waals surface area contributed by atoms with Crippen molar-refractivity contribution in [2.75, 3.05) is 11.4 Å².